The van der Waals surface area contributed by atoms with E-state index < -0.39 is 11.7 Å². The van der Waals surface area contributed by atoms with E-state index in [1.807, 2.05) is 38.1 Å². The molecule has 1 rings (SSSR count). The summed E-state index contributed by atoms with van der Waals surface area (Å²) in [6.07, 6.45) is 0.758. The molecule has 0 aliphatic carbocycles. The van der Waals surface area contributed by atoms with Crippen LogP contribution in [0.15, 0.2) is 24.3 Å². The highest BCUT2D eigenvalue weighted by molar-refractivity contribution is 5.35. The fourth-order valence-electron chi connectivity index (χ4n) is 1.44. The van der Waals surface area contributed by atoms with Crippen LogP contribution in [0.5, 0.6) is 5.75 Å². The van der Waals surface area contributed by atoms with Crippen molar-refractivity contribution in [2.45, 2.75) is 45.3 Å². The molecule has 1 aromatic carbocycles. The fraction of sp³-hybridized carbons (Fsp3) is 0.571. The van der Waals surface area contributed by atoms with Crippen LogP contribution in [0.1, 0.15) is 45.3 Å². The van der Waals surface area contributed by atoms with Crippen LogP contribution < -0.4 is 4.74 Å². The van der Waals surface area contributed by atoms with Gasteiger partial charge in [0.05, 0.1) is 11.7 Å². The van der Waals surface area contributed by atoms with Gasteiger partial charge in [-0.25, -0.2) is 0 Å². The van der Waals surface area contributed by atoms with Gasteiger partial charge in [0.2, 0.25) is 0 Å². The second-order valence-corrected chi connectivity index (χ2v) is 4.60. The first-order valence-electron chi connectivity index (χ1n) is 6.12. The number of aliphatic hydroxyl groups excluding tert-OH is 1. The highest BCUT2D eigenvalue weighted by Crippen LogP contribution is 2.27. The van der Waals surface area contributed by atoms with Crippen molar-refractivity contribution in [1.29, 1.82) is 0 Å². The number of ether oxygens (including phenoxy) is 1. The molecule has 2 atom stereocenters. The highest BCUT2D eigenvalue weighted by Gasteiger charge is 2.20. The van der Waals surface area contributed by atoms with Crippen molar-refractivity contribution in [2.75, 3.05) is 6.61 Å². The van der Waals surface area contributed by atoms with Gasteiger partial charge in [0.25, 0.3) is 0 Å². The van der Waals surface area contributed by atoms with Crippen LogP contribution in [0.25, 0.3) is 0 Å². The zero-order chi connectivity index (χ0) is 12.9. The molecule has 1 aromatic rings. The third kappa shape index (κ3) is 4.02. The van der Waals surface area contributed by atoms with Crippen LogP contribution in [0.3, 0.4) is 0 Å². The minimum Gasteiger partial charge on any atom is -0.490 e. The van der Waals surface area contributed by atoms with E-state index in [0.717, 1.165) is 5.56 Å². The molecular formula is C14H22O3. The topological polar surface area (TPSA) is 49.7 Å². The molecule has 0 fully saturated rings. The van der Waals surface area contributed by atoms with Gasteiger partial charge in [0, 0.05) is 5.56 Å². The van der Waals surface area contributed by atoms with Gasteiger partial charge >= 0.3 is 0 Å². The van der Waals surface area contributed by atoms with Crippen molar-refractivity contribution in [3.63, 3.8) is 0 Å². The lowest BCUT2D eigenvalue weighted by Crippen LogP contribution is -2.31. The molecule has 2 N–H and O–H groups in total. The quantitative estimate of drug-likeness (QED) is 0.801. The van der Waals surface area contributed by atoms with Gasteiger partial charge in [-0.15, -0.1) is 0 Å². The third-order valence-corrected chi connectivity index (χ3v) is 2.96. The summed E-state index contributed by atoms with van der Waals surface area (Å²) in [5.41, 5.74) is -0.0495. The van der Waals surface area contributed by atoms with Crippen molar-refractivity contribution >= 4 is 0 Å². The molecular weight excluding hydrogens is 216 g/mol. The van der Waals surface area contributed by atoms with Crippen molar-refractivity contribution in [3.8, 4) is 5.75 Å². The standard InChI is InChI=1S/C14H22O3/c1-4-12(15)11-8-6-7-9-13(11)17-10-14(3,16)5-2/h6-9,12,15-16H,4-5,10H2,1-3H3/t12-,14?/m0/s1. The fourth-order valence-corrected chi connectivity index (χ4v) is 1.44. The average Bonchev–Trinajstić information content (AvgIpc) is 2.36. The van der Waals surface area contributed by atoms with E-state index in [2.05, 4.69) is 0 Å². The summed E-state index contributed by atoms with van der Waals surface area (Å²) in [7, 11) is 0. The molecule has 96 valence electrons. The van der Waals surface area contributed by atoms with Gasteiger partial charge in [-0.05, 0) is 25.8 Å². The summed E-state index contributed by atoms with van der Waals surface area (Å²) in [5.74, 6) is 0.649. The SMILES string of the molecule is CC[C@H](O)c1ccccc1OCC(C)(O)CC. The predicted octanol–water partition coefficient (Wildman–Crippen LogP) is 2.67. The average molecular weight is 238 g/mol. The number of aliphatic hydroxyl groups is 2. The lowest BCUT2D eigenvalue weighted by Gasteiger charge is -2.23. The maximum atomic E-state index is 9.88. The second kappa shape index (κ2) is 6.03. The Bertz CT molecular complexity index is 347. The summed E-state index contributed by atoms with van der Waals surface area (Å²) in [6, 6.07) is 7.41. The van der Waals surface area contributed by atoms with Gasteiger partial charge < -0.3 is 14.9 Å². The van der Waals surface area contributed by atoms with E-state index in [1.165, 1.54) is 0 Å². The van der Waals surface area contributed by atoms with E-state index >= 15 is 0 Å². The number of para-hydroxylation sites is 1. The first-order chi connectivity index (χ1) is 8.00. The van der Waals surface area contributed by atoms with Crippen molar-refractivity contribution in [2.24, 2.45) is 0 Å². The molecule has 0 spiro atoms. The zero-order valence-corrected chi connectivity index (χ0v) is 10.8. The molecule has 0 aromatic heterocycles. The molecule has 0 aliphatic rings. The van der Waals surface area contributed by atoms with Gasteiger partial charge in [0.15, 0.2) is 0 Å². The Kier molecular flexibility index (Phi) is 4.97. The maximum absolute atomic E-state index is 9.88. The second-order valence-electron chi connectivity index (χ2n) is 4.60. The van der Waals surface area contributed by atoms with Crippen LogP contribution in [-0.4, -0.2) is 22.4 Å². The molecule has 0 bridgehead atoms. The Morgan fingerprint density at radius 3 is 2.53 bits per heavy atom. The smallest absolute Gasteiger partial charge is 0.125 e. The molecule has 0 radical (unpaired) electrons. The van der Waals surface area contributed by atoms with Crippen LogP contribution in [0.4, 0.5) is 0 Å². The van der Waals surface area contributed by atoms with Crippen molar-refractivity contribution in [1.82, 2.24) is 0 Å². The predicted molar refractivity (Wildman–Crippen MR) is 68.1 cm³/mol. The summed E-state index contributed by atoms with van der Waals surface area (Å²) in [4.78, 5) is 0. The number of hydrogen-bond acceptors (Lipinski definition) is 3. The van der Waals surface area contributed by atoms with Gasteiger partial charge in [-0.1, -0.05) is 32.0 Å². The van der Waals surface area contributed by atoms with Crippen LogP contribution in [0.2, 0.25) is 0 Å². The Balaban J connectivity index is 2.77. The van der Waals surface area contributed by atoms with Crippen molar-refractivity contribution < 1.29 is 14.9 Å². The van der Waals surface area contributed by atoms with Crippen LogP contribution in [-0.2, 0) is 0 Å². The van der Waals surface area contributed by atoms with Gasteiger partial charge in [-0.3, -0.25) is 0 Å². The first kappa shape index (κ1) is 14.0. The molecule has 0 saturated carbocycles. The molecule has 3 heteroatoms. The minimum atomic E-state index is -0.829. The van der Waals surface area contributed by atoms with Crippen molar-refractivity contribution in [3.05, 3.63) is 29.8 Å². The van der Waals surface area contributed by atoms with E-state index in [0.29, 0.717) is 18.6 Å². The molecule has 0 saturated heterocycles. The monoisotopic (exact) mass is 238 g/mol. The highest BCUT2D eigenvalue weighted by atomic mass is 16.5. The molecule has 1 unspecified atom stereocenters. The number of rotatable bonds is 6. The summed E-state index contributed by atoms with van der Waals surface area (Å²) < 4.78 is 5.61. The summed E-state index contributed by atoms with van der Waals surface area (Å²) in [5, 5.41) is 19.7. The summed E-state index contributed by atoms with van der Waals surface area (Å²) >= 11 is 0. The summed E-state index contributed by atoms with van der Waals surface area (Å²) in [6.45, 7) is 5.81. The largest absolute Gasteiger partial charge is 0.490 e. The molecule has 3 nitrogen and oxygen atoms in total. The normalized spacial score (nSPS) is 16.3. The number of hydrogen-bond donors (Lipinski definition) is 2. The molecule has 17 heavy (non-hydrogen) atoms. The molecule has 0 amide bonds. The van der Waals surface area contributed by atoms with Crippen LogP contribution in [0, 0.1) is 0 Å². The van der Waals surface area contributed by atoms with Crippen LogP contribution >= 0.6 is 0 Å². The Morgan fingerprint density at radius 2 is 1.94 bits per heavy atom. The number of benzene rings is 1. The Morgan fingerprint density at radius 1 is 1.29 bits per heavy atom. The minimum absolute atomic E-state index is 0.233. The van der Waals surface area contributed by atoms with E-state index in [4.69, 9.17) is 4.74 Å². The molecule has 0 aliphatic heterocycles. The third-order valence-electron chi connectivity index (χ3n) is 2.96. The Labute approximate surface area is 103 Å². The maximum Gasteiger partial charge on any atom is 0.125 e. The Hall–Kier alpha value is -1.06. The van der Waals surface area contributed by atoms with E-state index in [9.17, 15) is 10.2 Å². The zero-order valence-electron chi connectivity index (χ0n) is 10.8. The van der Waals surface area contributed by atoms with E-state index in [1.54, 1.807) is 6.92 Å². The van der Waals surface area contributed by atoms with Gasteiger partial charge in [-0.2, -0.15) is 0 Å². The lowest BCUT2D eigenvalue weighted by molar-refractivity contribution is 0.00731. The lowest BCUT2D eigenvalue weighted by atomic mass is 10.0. The first-order valence-corrected chi connectivity index (χ1v) is 6.12. The molecule has 0 heterocycles. The van der Waals surface area contributed by atoms with E-state index in [-0.39, 0.29) is 6.61 Å². The van der Waals surface area contributed by atoms with Gasteiger partial charge in [0.1, 0.15) is 12.4 Å².